The summed E-state index contributed by atoms with van der Waals surface area (Å²) in [5, 5.41) is 0. The van der Waals surface area contributed by atoms with Crippen LogP contribution >= 0.6 is 0 Å². The van der Waals surface area contributed by atoms with E-state index in [1.54, 1.807) is 0 Å². The van der Waals surface area contributed by atoms with Gasteiger partial charge in [-0.1, -0.05) is 96.6 Å². The maximum Gasteiger partial charge on any atom is 0.128 e. The summed E-state index contributed by atoms with van der Waals surface area (Å²) in [6.07, 6.45) is 22.3. The Bertz CT molecular complexity index is 733. The van der Waals surface area contributed by atoms with E-state index in [1.165, 1.54) is 77.0 Å². The molecule has 0 unspecified atom stereocenters. The summed E-state index contributed by atoms with van der Waals surface area (Å²) in [6.45, 7) is 5.41. The van der Waals surface area contributed by atoms with Gasteiger partial charge in [-0.3, -0.25) is 0 Å². The van der Waals surface area contributed by atoms with Crippen LogP contribution in [0.2, 0.25) is 0 Å². The first kappa shape index (κ1) is 24.7. The van der Waals surface area contributed by atoms with Gasteiger partial charge in [0.25, 0.3) is 0 Å². The van der Waals surface area contributed by atoms with Crippen LogP contribution in [-0.2, 0) is 6.42 Å². The van der Waals surface area contributed by atoms with Crippen LogP contribution < -0.4 is 4.74 Å². The van der Waals surface area contributed by atoms with Gasteiger partial charge in [0.05, 0.1) is 6.61 Å². The lowest BCUT2D eigenvalue weighted by Gasteiger charge is -2.27. The molecular formula is C29H44N2O. The van der Waals surface area contributed by atoms with Crippen molar-refractivity contribution >= 4 is 0 Å². The number of aromatic nitrogens is 2. The van der Waals surface area contributed by atoms with Crippen LogP contribution in [0.15, 0.2) is 36.7 Å². The minimum atomic E-state index is 0.811. The minimum Gasteiger partial charge on any atom is -0.494 e. The van der Waals surface area contributed by atoms with Crippen molar-refractivity contribution in [3.63, 3.8) is 0 Å². The maximum atomic E-state index is 5.92. The third-order valence-corrected chi connectivity index (χ3v) is 7.23. The van der Waals surface area contributed by atoms with E-state index >= 15 is 0 Å². The van der Waals surface area contributed by atoms with Crippen molar-refractivity contribution in [2.45, 2.75) is 104 Å². The molecule has 0 atom stereocenters. The summed E-state index contributed by atoms with van der Waals surface area (Å²) >= 11 is 0. The fraction of sp³-hybridized carbons (Fsp3) is 0.655. The lowest BCUT2D eigenvalue weighted by Crippen LogP contribution is -2.15. The first-order valence-corrected chi connectivity index (χ1v) is 13.3. The van der Waals surface area contributed by atoms with Gasteiger partial charge in [0.15, 0.2) is 0 Å². The molecule has 176 valence electrons. The molecule has 32 heavy (non-hydrogen) atoms. The van der Waals surface area contributed by atoms with Gasteiger partial charge in [0.2, 0.25) is 0 Å². The quantitative estimate of drug-likeness (QED) is 0.279. The van der Waals surface area contributed by atoms with E-state index in [2.05, 4.69) is 48.1 Å². The van der Waals surface area contributed by atoms with Crippen LogP contribution in [0.3, 0.4) is 0 Å². The van der Waals surface area contributed by atoms with Crippen LogP contribution in [0.5, 0.6) is 5.75 Å². The average Bonchev–Trinajstić information content (AvgIpc) is 2.85. The van der Waals surface area contributed by atoms with Crippen LogP contribution in [0.25, 0.3) is 11.1 Å². The smallest absolute Gasteiger partial charge is 0.128 e. The molecule has 2 aromatic rings. The number of unbranched alkanes of at least 4 members (excludes halogenated alkanes) is 6. The average molecular weight is 437 g/mol. The Morgan fingerprint density at radius 1 is 0.750 bits per heavy atom. The highest BCUT2D eigenvalue weighted by molar-refractivity contribution is 5.62. The molecule has 0 amide bonds. The number of rotatable bonds is 14. The molecule has 3 rings (SSSR count). The van der Waals surface area contributed by atoms with E-state index in [-0.39, 0.29) is 0 Å². The fourth-order valence-electron chi connectivity index (χ4n) is 4.89. The monoisotopic (exact) mass is 436 g/mol. The highest BCUT2D eigenvalue weighted by Gasteiger charge is 2.19. The predicted octanol–water partition coefficient (Wildman–Crippen LogP) is 8.42. The Labute approximate surface area is 196 Å². The zero-order chi connectivity index (χ0) is 22.4. The van der Waals surface area contributed by atoms with E-state index in [0.717, 1.165) is 54.0 Å². The molecule has 3 nitrogen and oxygen atoms in total. The summed E-state index contributed by atoms with van der Waals surface area (Å²) in [4.78, 5) is 9.29. The summed E-state index contributed by atoms with van der Waals surface area (Å²) in [5.74, 6) is 3.78. The van der Waals surface area contributed by atoms with Gasteiger partial charge < -0.3 is 4.74 Å². The molecule has 1 aliphatic carbocycles. The zero-order valence-corrected chi connectivity index (χ0v) is 20.5. The molecule has 1 aliphatic rings. The van der Waals surface area contributed by atoms with Crippen molar-refractivity contribution < 1.29 is 4.74 Å². The van der Waals surface area contributed by atoms with Gasteiger partial charge in [-0.25, -0.2) is 9.97 Å². The SMILES string of the molecule is CCCCCCCCCOc1ccc(-c2cnc(CC[C@H]3CC[C@H](CC)CC3)nc2)cc1. The van der Waals surface area contributed by atoms with Gasteiger partial charge in [-0.15, -0.1) is 0 Å². The van der Waals surface area contributed by atoms with Crippen molar-refractivity contribution in [1.82, 2.24) is 9.97 Å². The molecule has 0 spiro atoms. The summed E-state index contributed by atoms with van der Waals surface area (Å²) in [5.41, 5.74) is 2.23. The first-order valence-electron chi connectivity index (χ1n) is 13.3. The minimum absolute atomic E-state index is 0.811. The second-order valence-corrected chi connectivity index (χ2v) is 9.72. The number of ether oxygens (including phenoxy) is 1. The second-order valence-electron chi connectivity index (χ2n) is 9.72. The van der Waals surface area contributed by atoms with Crippen molar-refractivity contribution in [3.05, 3.63) is 42.5 Å². The van der Waals surface area contributed by atoms with Gasteiger partial charge in [-0.2, -0.15) is 0 Å². The normalized spacial score (nSPS) is 18.6. The van der Waals surface area contributed by atoms with E-state index in [4.69, 9.17) is 4.74 Å². The summed E-state index contributed by atoms with van der Waals surface area (Å²) in [7, 11) is 0. The molecule has 1 heterocycles. The Morgan fingerprint density at radius 3 is 2.03 bits per heavy atom. The van der Waals surface area contributed by atoms with E-state index in [9.17, 15) is 0 Å². The van der Waals surface area contributed by atoms with Crippen LogP contribution in [0, 0.1) is 11.8 Å². The van der Waals surface area contributed by atoms with Crippen molar-refractivity contribution in [3.8, 4) is 16.9 Å². The Balaban J connectivity index is 1.35. The molecule has 0 bridgehead atoms. The molecule has 1 aromatic carbocycles. The van der Waals surface area contributed by atoms with Crippen molar-refractivity contribution in [2.75, 3.05) is 6.61 Å². The standard InChI is InChI=1S/C29H44N2O/c1-3-5-6-7-8-9-10-21-32-28-18-16-26(17-19-28)27-22-30-29(31-23-27)20-15-25-13-11-24(4-2)12-14-25/h16-19,22-25H,3-15,20-21H2,1-2H3/t24-,25-. The molecular weight excluding hydrogens is 392 g/mol. The van der Waals surface area contributed by atoms with Crippen molar-refractivity contribution in [1.29, 1.82) is 0 Å². The van der Waals surface area contributed by atoms with Crippen LogP contribution in [0.1, 0.15) is 103 Å². The molecule has 0 N–H and O–H groups in total. The Hall–Kier alpha value is -1.90. The van der Waals surface area contributed by atoms with E-state index < -0.39 is 0 Å². The molecule has 1 aromatic heterocycles. The van der Waals surface area contributed by atoms with Gasteiger partial charge in [0.1, 0.15) is 11.6 Å². The topological polar surface area (TPSA) is 35.0 Å². The van der Waals surface area contributed by atoms with Gasteiger partial charge in [-0.05, 0) is 42.4 Å². The zero-order valence-electron chi connectivity index (χ0n) is 20.5. The molecule has 1 fully saturated rings. The van der Waals surface area contributed by atoms with Crippen LogP contribution in [0.4, 0.5) is 0 Å². The molecule has 0 saturated heterocycles. The maximum absolute atomic E-state index is 5.92. The lowest BCUT2D eigenvalue weighted by atomic mass is 9.79. The molecule has 3 heteroatoms. The van der Waals surface area contributed by atoms with Crippen LogP contribution in [-0.4, -0.2) is 16.6 Å². The van der Waals surface area contributed by atoms with E-state index in [1.807, 2.05) is 12.4 Å². The van der Waals surface area contributed by atoms with Crippen molar-refractivity contribution in [2.24, 2.45) is 11.8 Å². The van der Waals surface area contributed by atoms with E-state index in [0.29, 0.717) is 0 Å². The summed E-state index contributed by atoms with van der Waals surface area (Å²) in [6, 6.07) is 8.36. The predicted molar refractivity (Wildman–Crippen MR) is 135 cm³/mol. The number of benzene rings is 1. The fourth-order valence-corrected chi connectivity index (χ4v) is 4.89. The highest BCUT2D eigenvalue weighted by Crippen LogP contribution is 2.33. The molecule has 0 aliphatic heterocycles. The number of nitrogens with zero attached hydrogens (tertiary/aromatic N) is 2. The first-order chi connectivity index (χ1) is 15.8. The second kappa shape index (κ2) is 14.3. The largest absolute Gasteiger partial charge is 0.494 e. The molecule has 1 saturated carbocycles. The van der Waals surface area contributed by atoms with Gasteiger partial charge in [0, 0.05) is 24.4 Å². The number of hydrogen-bond acceptors (Lipinski definition) is 3. The third-order valence-electron chi connectivity index (χ3n) is 7.23. The highest BCUT2D eigenvalue weighted by atomic mass is 16.5. The molecule has 0 radical (unpaired) electrons. The Morgan fingerprint density at radius 2 is 1.38 bits per heavy atom. The van der Waals surface area contributed by atoms with Gasteiger partial charge >= 0.3 is 0 Å². The Kier molecular flexibility index (Phi) is 11.0. The third kappa shape index (κ3) is 8.56. The number of aryl methyl sites for hydroxylation is 1. The number of hydrogen-bond donors (Lipinski definition) is 0. The summed E-state index contributed by atoms with van der Waals surface area (Å²) < 4.78 is 5.92. The lowest BCUT2D eigenvalue weighted by molar-refractivity contribution is 0.258.